The van der Waals surface area contributed by atoms with E-state index in [2.05, 4.69) is 11.4 Å². The lowest BCUT2D eigenvalue weighted by molar-refractivity contribution is -0.143. The summed E-state index contributed by atoms with van der Waals surface area (Å²) in [6, 6.07) is 8.20. The number of nitrogens with one attached hydrogen (secondary N) is 1. The summed E-state index contributed by atoms with van der Waals surface area (Å²) < 4.78 is 85.2. The highest BCUT2D eigenvalue weighted by Gasteiger charge is 2.37. The molecule has 7 nitrogen and oxygen atoms in total. The number of ether oxygens (including phenoxy) is 1. The Kier molecular flexibility index (Phi) is 7.82. The molecule has 1 N–H and O–H groups in total. The molecule has 1 aromatic heterocycles. The molecule has 0 radical (unpaired) electrons. The molecular weight excluding hydrogens is 552 g/mol. The van der Waals surface area contributed by atoms with Crippen LogP contribution in [0.2, 0.25) is 0 Å². The van der Waals surface area contributed by atoms with E-state index in [1.807, 2.05) is 30.0 Å². The Labute approximate surface area is 232 Å². The first kappa shape index (κ1) is 28.7. The third-order valence-electron chi connectivity index (χ3n) is 6.97. The van der Waals surface area contributed by atoms with Gasteiger partial charge < -0.3 is 19.9 Å². The number of amides is 2. The van der Waals surface area contributed by atoms with Crippen molar-refractivity contribution in [3.05, 3.63) is 81.8 Å². The summed E-state index contributed by atoms with van der Waals surface area (Å²) in [6.45, 7) is 4.35. The highest BCUT2D eigenvalue weighted by Crippen LogP contribution is 2.38. The molecule has 2 amide bonds. The van der Waals surface area contributed by atoms with Crippen LogP contribution in [0.3, 0.4) is 0 Å². The van der Waals surface area contributed by atoms with Crippen molar-refractivity contribution < 1.29 is 35.9 Å². The summed E-state index contributed by atoms with van der Waals surface area (Å²) >= 11 is 0. The topological polar surface area (TPSA) is 70.6 Å². The maximum absolute atomic E-state index is 13.3. The molecule has 0 atom stereocenters. The summed E-state index contributed by atoms with van der Waals surface area (Å²) in [5.41, 5.74) is 0.00759. The van der Waals surface area contributed by atoms with Crippen molar-refractivity contribution in [3.8, 4) is 0 Å². The first-order chi connectivity index (χ1) is 19.4. The Morgan fingerprint density at radius 1 is 0.951 bits per heavy atom. The molecule has 2 aliphatic rings. The van der Waals surface area contributed by atoms with Crippen molar-refractivity contribution in [1.82, 2.24) is 14.9 Å². The molecule has 41 heavy (non-hydrogen) atoms. The van der Waals surface area contributed by atoms with Gasteiger partial charge in [0.05, 0.1) is 36.6 Å². The molecule has 0 spiro atoms. The predicted octanol–water partition coefficient (Wildman–Crippen LogP) is 5.84. The van der Waals surface area contributed by atoms with Gasteiger partial charge in [-0.2, -0.15) is 26.3 Å². The van der Waals surface area contributed by atoms with Gasteiger partial charge in [0.1, 0.15) is 11.6 Å². The molecule has 3 aromatic rings. The zero-order valence-corrected chi connectivity index (χ0v) is 22.1. The molecule has 5 rings (SSSR count). The Hall–Kier alpha value is -3.87. The minimum Gasteiger partial charge on any atom is -0.378 e. The Morgan fingerprint density at radius 3 is 2.27 bits per heavy atom. The Bertz CT molecular complexity index is 1400. The number of fused-ring (bicyclic) bond motifs is 1. The lowest BCUT2D eigenvalue weighted by atomic mass is 10.0. The van der Waals surface area contributed by atoms with E-state index in [4.69, 9.17) is 14.7 Å². The van der Waals surface area contributed by atoms with E-state index in [1.54, 1.807) is 0 Å². The van der Waals surface area contributed by atoms with Crippen LogP contribution in [0.4, 0.5) is 42.6 Å². The molecular formula is C28H27F6N5O2. The Morgan fingerprint density at radius 2 is 1.63 bits per heavy atom. The molecule has 3 heterocycles. The van der Waals surface area contributed by atoms with E-state index in [1.165, 1.54) is 4.90 Å². The number of morpholine rings is 1. The van der Waals surface area contributed by atoms with Gasteiger partial charge in [-0.15, -0.1) is 0 Å². The number of anilines is 2. The lowest BCUT2D eigenvalue weighted by Crippen LogP contribution is -2.42. The maximum atomic E-state index is 13.3. The smallest absolute Gasteiger partial charge is 0.378 e. The molecule has 0 aliphatic carbocycles. The molecule has 1 saturated heterocycles. The highest BCUT2D eigenvalue weighted by molar-refractivity contribution is 5.90. The third kappa shape index (κ3) is 6.72. The number of urea groups is 1. The van der Waals surface area contributed by atoms with Crippen molar-refractivity contribution in [3.63, 3.8) is 0 Å². The number of hydrogen-bond donors (Lipinski definition) is 1. The number of nitrogens with zero attached hydrogens (tertiary/aromatic N) is 4. The lowest BCUT2D eigenvalue weighted by Gasteiger charge is -2.34. The van der Waals surface area contributed by atoms with Gasteiger partial charge >= 0.3 is 18.4 Å². The largest absolute Gasteiger partial charge is 0.416 e. The van der Waals surface area contributed by atoms with E-state index in [9.17, 15) is 31.1 Å². The van der Waals surface area contributed by atoms with Gasteiger partial charge in [0, 0.05) is 43.7 Å². The van der Waals surface area contributed by atoms with Crippen LogP contribution in [0.1, 0.15) is 39.3 Å². The first-order valence-electron chi connectivity index (χ1n) is 13.0. The summed E-state index contributed by atoms with van der Waals surface area (Å²) in [7, 11) is 0. The fourth-order valence-electron chi connectivity index (χ4n) is 4.97. The zero-order valence-electron chi connectivity index (χ0n) is 22.1. The molecule has 1 fully saturated rings. The molecule has 2 aliphatic heterocycles. The van der Waals surface area contributed by atoms with Gasteiger partial charge in [-0.05, 0) is 30.7 Å². The van der Waals surface area contributed by atoms with Gasteiger partial charge in [0.25, 0.3) is 0 Å². The number of aryl methyl sites for hydroxylation is 1. The van der Waals surface area contributed by atoms with E-state index in [0.29, 0.717) is 68.5 Å². The number of halogens is 6. The van der Waals surface area contributed by atoms with Crippen LogP contribution in [0.25, 0.3) is 0 Å². The fourth-order valence-corrected chi connectivity index (χ4v) is 4.97. The van der Waals surface area contributed by atoms with Crippen molar-refractivity contribution in [2.75, 3.05) is 43.1 Å². The maximum Gasteiger partial charge on any atom is 0.416 e. The van der Waals surface area contributed by atoms with Gasteiger partial charge in [-0.25, -0.2) is 14.8 Å². The summed E-state index contributed by atoms with van der Waals surface area (Å²) in [4.78, 5) is 26.1. The fraction of sp³-hybridized carbons (Fsp3) is 0.393. The van der Waals surface area contributed by atoms with Crippen molar-refractivity contribution in [2.24, 2.45) is 0 Å². The van der Waals surface area contributed by atoms with E-state index in [-0.39, 0.29) is 19.2 Å². The molecule has 2 aromatic carbocycles. The van der Waals surface area contributed by atoms with Crippen LogP contribution >= 0.6 is 0 Å². The SMILES string of the molecule is Cc1cccc(Cc2nc3c(c(N4CCOCC4)n2)CN(C(=O)Nc2cc(C(F)(F)F)cc(C(F)(F)F)c2)CC3)c1. The summed E-state index contributed by atoms with van der Waals surface area (Å²) in [5.74, 6) is 1.27. The number of alkyl halides is 6. The third-order valence-corrected chi connectivity index (χ3v) is 6.97. The number of hydrogen-bond acceptors (Lipinski definition) is 5. The quantitative estimate of drug-likeness (QED) is 0.394. The minimum absolute atomic E-state index is 0.0209. The van der Waals surface area contributed by atoms with Crippen LogP contribution in [-0.2, 0) is 36.5 Å². The molecule has 0 saturated carbocycles. The first-order valence-corrected chi connectivity index (χ1v) is 13.0. The molecule has 0 bridgehead atoms. The Balaban J connectivity index is 1.42. The van der Waals surface area contributed by atoms with Crippen LogP contribution in [-0.4, -0.2) is 53.7 Å². The van der Waals surface area contributed by atoms with Crippen molar-refractivity contribution in [1.29, 1.82) is 0 Å². The zero-order chi connectivity index (χ0) is 29.4. The van der Waals surface area contributed by atoms with Crippen molar-refractivity contribution in [2.45, 2.75) is 38.7 Å². The van der Waals surface area contributed by atoms with Crippen LogP contribution in [0.5, 0.6) is 0 Å². The molecule has 13 heteroatoms. The normalized spacial score (nSPS) is 16.0. The minimum atomic E-state index is -5.02. The highest BCUT2D eigenvalue weighted by atomic mass is 19.4. The second-order valence-electron chi connectivity index (χ2n) is 10.1. The second kappa shape index (κ2) is 11.2. The van der Waals surface area contributed by atoms with Crippen molar-refractivity contribution >= 4 is 17.5 Å². The monoisotopic (exact) mass is 579 g/mol. The van der Waals surface area contributed by atoms with Gasteiger partial charge in [0.2, 0.25) is 0 Å². The average Bonchev–Trinajstić information content (AvgIpc) is 2.92. The van der Waals surface area contributed by atoms with E-state index >= 15 is 0 Å². The number of rotatable bonds is 4. The molecule has 0 unspecified atom stereocenters. The van der Waals surface area contributed by atoms with E-state index < -0.39 is 35.2 Å². The van der Waals surface area contributed by atoms with Crippen LogP contribution < -0.4 is 10.2 Å². The second-order valence-corrected chi connectivity index (χ2v) is 10.1. The number of carbonyl (C=O) groups is 1. The summed E-state index contributed by atoms with van der Waals surface area (Å²) in [6.07, 6.45) is -9.19. The van der Waals surface area contributed by atoms with Gasteiger partial charge in [-0.1, -0.05) is 29.8 Å². The summed E-state index contributed by atoms with van der Waals surface area (Å²) in [5, 5.41) is 2.23. The van der Waals surface area contributed by atoms with E-state index in [0.717, 1.165) is 16.8 Å². The number of carbonyl (C=O) groups excluding carboxylic acids is 1. The van der Waals surface area contributed by atoms with Gasteiger partial charge in [-0.3, -0.25) is 0 Å². The average molecular weight is 580 g/mol. The standard InChI is InChI=1S/C28H27F6N5O2/c1-17-3-2-4-18(11-17)12-24-36-23-5-6-39(16-22(23)25(37-24)38-7-9-41-10-8-38)26(40)35-21-14-19(27(29,30)31)13-20(15-21)28(32,33)34/h2-4,11,13-15H,5-10,12,16H2,1H3,(H,35,40). The van der Waals surface area contributed by atoms with Crippen LogP contribution in [0, 0.1) is 6.92 Å². The number of benzene rings is 2. The number of aromatic nitrogens is 2. The predicted molar refractivity (Wildman–Crippen MR) is 139 cm³/mol. The van der Waals surface area contributed by atoms with Gasteiger partial charge in [0.15, 0.2) is 0 Å². The van der Waals surface area contributed by atoms with Crippen LogP contribution in [0.15, 0.2) is 42.5 Å². The molecule has 218 valence electrons.